The minimum absolute atomic E-state index is 0.439. The summed E-state index contributed by atoms with van der Waals surface area (Å²) in [6.45, 7) is 3.62. The number of aromatic nitrogens is 1. The van der Waals surface area contributed by atoms with E-state index in [0.717, 1.165) is 0 Å². The third-order valence-electron chi connectivity index (χ3n) is 4.51. The van der Waals surface area contributed by atoms with Crippen LogP contribution in [-0.2, 0) is 0 Å². The number of likely N-dealkylation sites (tertiary alicyclic amines) is 1. The first-order valence-corrected chi connectivity index (χ1v) is 6.66. The summed E-state index contributed by atoms with van der Waals surface area (Å²) in [7, 11) is 2.29. The van der Waals surface area contributed by atoms with Gasteiger partial charge in [-0.2, -0.15) is 0 Å². The first-order valence-electron chi connectivity index (χ1n) is 6.66. The molecular formula is C14H21N3. The molecule has 0 bridgehead atoms. The van der Waals surface area contributed by atoms with Crippen molar-refractivity contribution in [3.63, 3.8) is 0 Å². The number of likely N-dealkylation sites (N-methyl/N-ethyl adjacent to an activating group) is 1. The Morgan fingerprint density at radius 3 is 2.76 bits per heavy atom. The first kappa shape index (κ1) is 11.0. The molecule has 2 fully saturated rings. The topological polar surface area (TPSA) is 19.4 Å². The lowest BCUT2D eigenvalue weighted by Crippen LogP contribution is -2.54. The molecule has 2 saturated heterocycles. The normalized spacial score (nSPS) is 30.1. The standard InChI is InChI=1S/C14H21N3/c1-16-9-3-6-14(16)7-4-10-17(12-14)13-5-2-8-15-11-13/h2,5,8,11H,3-4,6-7,9-10,12H2,1H3. The van der Waals surface area contributed by atoms with Gasteiger partial charge in [-0.25, -0.2) is 0 Å². The van der Waals surface area contributed by atoms with Gasteiger partial charge in [0.15, 0.2) is 0 Å². The van der Waals surface area contributed by atoms with E-state index in [4.69, 9.17) is 0 Å². The second-order valence-electron chi connectivity index (χ2n) is 5.49. The van der Waals surface area contributed by atoms with Crippen LogP contribution in [0.3, 0.4) is 0 Å². The molecule has 0 aliphatic carbocycles. The lowest BCUT2D eigenvalue weighted by Gasteiger charge is -2.45. The summed E-state index contributed by atoms with van der Waals surface area (Å²) < 4.78 is 0. The second kappa shape index (κ2) is 4.30. The van der Waals surface area contributed by atoms with Gasteiger partial charge >= 0.3 is 0 Å². The van der Waals surface area contributed by atoms with E-state index in [1.807, 2.05) is 18.5 Å². The molecule has 0 aromatic carbocycles. The van der Waals surface area contributed by atoms with E-state index in [-0.39, 0.29) is 0 Å². The number of anilines is 1. The van der Waals surface area contributed by atoms with Crippen molar-refractivity contribution in [3.8, 4) is 0 Å². The monoisotopic (exact) mass is 231 g/mol. The Hall–Kier alpha value is -1.09. The van der Waals surface area contributed by atoms with Crippen LogP contribution in [0.25, 0.3) is 0 Å². The maximum atomic E-state index is 4.24. The van der Waals surface area contributed by atoms with Crippen LogP contribution in [0.1, 0.15) is 25.7 Å². The Balaban J connectivity index is 1.80. The average Bonchev–Trinajstić information content (AvgIpc) is 2.72. The van der Waals surface area contributed by atoms with Crippen LogP contribution in [0.2, 0.25) is 0 Å². The van der Waals surface area contributed by atoms with E-state index >= 15 is 0 Å². The molecule has 0 radical (unpaired) electrons. The van der Waals surface area contributed by atoms with Crippen LogP contribution in [0, 0.1) is 0 Å². The molecule has 3 nitrogen and oxygen atoms in total. The molecule has 0 N–H and O–H groups in total. The van der Waals surface area contributed by atoms with Crippen LogP contribution in [0.15, 0.2) is 24.5 Å². The molecule has 1 spiro atoms. The van der Waals surface area contributed by atoms with Crippen molar-refractivity contribution in [1.82, 2.24) is 9.88 Å². The molecule has 0 amide bonds. The van der Waals surface area contributed by atoms with E-state index in [9.17, 15) is 0 Å². The molecule has 1 atom stereocenters. The second-order valence-corrected chi connectivity index (χ2v) is 5.49. The van der Waals surface area contributed by atoms with Crippen molar-refractivity contribution < 1.29 is 0 Å². The van der Waals surface area contributed by atoms with Crippen molar-refractivity contribution in [3.05, 3.63) is 24.5 Å². The molecule has 3 heteroatoms. The zero-order valence-corrected chi connectivity index (χ0v) is 10.6. The number of piperidine rings is 1. The van der Waals surface area contributed by atoms with Crippen LogP contribution in [0.5, 0.6) is 0 Å². The van der Waals surface area contributed by atoms with Crippen molar-refractivity contribution in [1.29, 1.82) is 0 Å². The molecule has 17 heavy (non-hydrogen) atoms. The Bertz CT molecular complexity index is 378. The number of hydrogen-bond donors (Lipinski definition) is 0. The molecule has 2 aliphatic rings. The fourth-order valence-electron chi connectivity index (χ4n) is 3.46. The molecule has 1 unspecified atom stereocenters. The predicted molar refractivity (Wildman–Crippen MR) is 70.3 cm³/mol. The maximum absolute atomic E-state index is 4.24. The van der Waals surface area contributed by atoms with Crippen LogP contribution in [-0.4, -0.2) is 42.1 Å². The highest BCUT2D eigenvalue weighted by Crippen LogP contribution is 2.37. The van der Waals surface area contributed by atoms with Crippen LogP contribution < -0.4 is 4.90 Å². The highest BCUT2D eigenvalue weighted by Gasteiger charge is 2.41. The van der Waals surface area contributed by atoms with E-state index in [1.165, 1.54) is 51.0 Å². The van der Waals surface area contributed by atoms with Crippen molar-refractivity contribution >= 4 is 5.69 Å². The minimum atomic E-state index is 0.439. The summed E-state index contributed by atoms with van der Waals surface area (Å²) >= 11 is 0. The molecule has 92 valence electrons. The van der Waals surface area contributed by atoms with Crippen molar-refractivity contribution in [2.45, 2.75) is 31.2 Å². The van der Waals surface area contributed by atoms with E-state index in [2.05, 4.69) is 27.9 Å². The van der Waals surface area contributed by atoms with Gasteiger partial charge < -0.3 is 4.90 Å². The molecule has 0 saturated carbocycles. The van der Waals surface area contributed by atoms with Gasteiger partial charge in [0.2, 0.25) is 0 Å². The third-order valence-corrected chi connectivity index (χ3v) is 4.51. The van der Waals surface area contributed by atoms with Crippen LogP contribution in [0.4, 0.5) is 5.69 Å². The molecular weight excluding hydrogens is 210 g/mol. The zero-order valence-electron chi connectivity index (χ0n) is 10.6. The Kier molecular flexibility index (Phi) is 2.79. The van der Waals surface area contributed by atoms with E-state index < -0.39 is 0 Å². The van der Waals surface area contributed by atoms with Crippen LogP contribution >= 0.6 is 0 Å². The SMILES string of the molecule is CN1CCCC12CCCN(c1cccnc1)C2. The summed E-state index contributed by atoms with van der Waals surface area (Å²) in [5.74, 6) is 0. The van der Waals surface area contributed by atoms with Gasteiger partial charge in [0.05, 0.1) is 11.9 Å². The van der Waals surface area contributed by atoms with Gasteiger partial charge in [-0.1, -0.05) is 0 Å². The molecule has 1 aromatic rings. The van der Waals surface area contributed by atoms with Gasteiger partial charge in [0.1, 0.15) is 0 Å². The van der Waals surface area contributed by atoms with Crippen molar-refractivity contribution in [2.75, 3.05) is 31.6 Å². The Labute approximate surface area is 103 Å². The van der Waals surface area contributed by atoms with Crippen molar-refractivity contribution in [2.24, 2.45) is 0 Å². The largest absolute Gasteiger partial charge is 0.368 e. The minimum Gasteiger partial charge on any atom is -0.368 e. The first-order chi connectivity index (χ1) is 8.30. The van der Waals surface area contributed by atoms with E-state index in [1.54, 1.807) is 0 Å². The fourth-order valence-corrected chi connectivity index (χ4v) is 3.46. The van der Waals surface area contributed by atoms with Gasteiger partial charge in [-0.3, -0.25) is 9.88 Å². The third kappa shape index (κ3) is 1.93. The molecule has 1 aromatic heterocycles. The van der Waals surface area contributed by atoms with Gasteiger partial charge in [-0.05, 0) is 51.4 Å². The van der Waals surface area contributed by atoms with Gasteiger partial charge in [-0.15, -0.1) is 0 Å². The maximum Gasteiger partial charge on any atom is 0.0553 e. The zero-order chi connectivity index (χ0) is 11.7. The average molecular weight is 231 g/mol. The van der Waals surface area contributed by atoms with E-state index in [0.29, 0.717) is 5.54 Å². The highest BCUT2D eigenvalue weighted by molar-refractivity contribution is 5.45. The lowest BCUT2D eigenvalue weighted by atomic mass is 9.86. The number of rotatable bonds is 1. The summed E-state index contributed by atoms with van der Waals surface area (Å²) in [4.78, 5) is 9.33. The Morgan fingerprint density at radius 2 is 2.06 bits per heavy atom. The number of hydrogen-bond acceptors (Lipinski definition) is 3. The molecule has 3 rings (SSSR count). The smallest absolute Gasteiger partial charge is 0.0553 e. The quantitative estimate of drug-likeness (QED) is 0.738. The van der Waals surface area contributed by atoms with Gasteiger partial charge in [0.25, 0.3) is 0 Å². The fraction of sp³-hybridized carbons (Fsp3) is 0.643. The summed E-state index contributed by atoms with van der Waals surface area (Å²) in [5, 5.41) is 0. The molecule has 2 aliphatic heterocycles. The number of pyridine rings is 1. The summed E-state index contributed by atoms with van der Waals surface area (Å²) in [6.07, 6.45) is 9.23. The van der Waals surface area contributed by atoms with Gasteiger partial charge in [0, 0.05) is 24.8 Å². The summed E-state index contributed by atoms with van der Waals surface area (Å²) in [6, 6.07) is 4.22. The summed E-state index contributed by atoms with van der Waals surface area (Å²) in [5.41, 5.74) is 1.72. The Morgan fingerprint density at radius 1 is 1.24 bits per heavy atom. The highest BCUT2D eigenvalue weighted by atomic mass is 15.3. The number of nitrogens with zero attached hydrogens (tertiary/aromatic N) is 3. The lowest BCUT2D eigenvalue weighted by molar-refractivity contribution is 0.147. The predicted octanol–water partition coefficient (Wildman–Crippen LogP) is 2.15. The molecule has 3 heterocycles.